The van der Waals surface area contributed by atoms with Crippen molar-refractivity contribution in [3.8, 4) is 0 Å². The zero-order chi connectivity index (χ0) is 33.8. The van der Waals surface area contributed by atoms with Crippen molar-refractivity contribution >= 4 is 18.1 Å². The number of aliphatic hydroxyl groups excluding tert-OH is 2. The number of hydrogen-bond acceptors (Lipinski definition) is 10. The summed E-state index contributed by atoms with van der Waals surface area (Å²) in [7, 11) is -7.00. The number of aliphatic hydroxyl groups is 2. The molecule has 0 aliphatic carbocycles. The van der Waals surface area contributed by atoms with Crippen molar-refractivity contribution in [2.24, 2.45) is 0 Å². The van der Waals surface area contributed by atoms with Crippen LogP contribution in [0.1, 0.15) is 148 Å². The van der Waals surface area contributed by atoms with Crippen molar-refractivity contribution in [1.82, 2.24) is 0 Å². The van der Waals surface area contributed by atoms with Gasteiger partial charge in [-0.25, -0.2) is 0 Å². The number of rotatable bonds is 20. The quantitative estimate of drug-likeness (QED) is 0.103. The first-order valence-electron chi connectivity index (χ1n) is 16.3. The van der Waals surface area contributed by atoms with Crippen molar-refractivity contribution in [3.63, 3.8) is 0 Å². The second kappa shape index (κ2) is 34.3. The van der Waals surface area contributed by atoms with Crippen molar-refractivity contribution in [1.29, 1.82) is 0 Å². The Kier molecular flexibility index (Phi) is 42.5. The van der Waals surface area contributed by atoms with E-state index in [0.717, 1.165) is 51.4 Å². The van der Waals surface area contributed by atoms with Gasteiger partial charge in [0.2, 0.25) is 0 Å². The van der Waals surface area contributed by atoms with E-state index in [1.54, 1.807) is 0 Å². The van der Waals surface area contributed by atoms with Crippen molar-refractivity contribution in [2.75, 3.05) is 13.2 Å². The molecule has 0 spiro atoms. The Balaban J connectivity index is -0.000000175. The molecule has 0 radical (unpaired) electrons. The Labute approximate surface area is 287 Å². The monoisotopic (exact) mass is 738 g/mol. The second-order valence-corrected chi connectivity index (χ2v) is 14.0. The van der Waals surface area contributed by atoms with Crippen LogP contribution in [0.4, 0.5) is 0 Å². The van der Waals surface area contributed by atoms with Gasteiger partial charge >= 0.3 is 18.1 Å². The van der Waals surface area contributed by atoms with Crippen molar-refractivity contribution < 1.29 is 72.6 Å². The first-order chi connectivity index (χ1) is 19.6. The third-order valence-electron chi connectivity index (χ3n) is 6.00. The Morgan fingerprint density at radius 1 is 0.395 bits per heavy atom. The molecule has 0 aliphatic heterocycles. The summed E-state index contributed by atoms with van der Waals surface area (Å²) in [6.07, 6.45) is 6.35. The molecule has 13 heteroatoms. The first-order valence-corrected chi connectivity index (χ1v) is 19.6. The SMILES string of the molecule is CCC(C)O[Si](O)(OC(C)CC)OC(C)CC.CCC(C)O[Si](O)(OC(C)CC)OC(C)CC.CCCO.CCCO.[Zr]. The zero-order valence-electron chi connectivity index (χ0n) is 30.3. The molecule has 0 saturated carbocycles. The van der Waals surface area contributed by atoms with Crippen LogP contribution in [0.2, 0.25) is 0 Å². The average Bonchev–Trinajstić information content (AvgIpc) is 2.96. The summed E-state index contributed by atoms with van der Waals surface area (Å²) >= 11 is 0. The van der Waals surface area contributed by atoms with Gasteiger partial charge in [-0.1, -0.05) is 55.4 Å². The standard InChI is InChI=1S/2C12H28O4Si.2C3H8O.Zr/c2*1-7-10(4)14-17(13,15-11(5)8-2)16-12(6)9-3;2*1-2-3-4;/h2*10-13H,7-9H2,1-6H3;2*4H,2-3H2,1H3;. The fourth-order valence-corrected chi connectivity index (χ4v) is 6.58. The Hall–Kier alpha value is 0.917. The largest absolute Gasteiger partial charge is 0.677 e. The molecule has 0 amide bonds. The first kappa shape index (κ1) is 53.4. The predicted octanol–water partition coefficient (Wildman–Crippen LogP) is 6.49. The Bertz CT molecular complexity index is 443. The fourth-order valence-electron chi connectivity index (χ4n) is 2.19. The molecule has 0 aromatic heterocycles. The molecule has 0 aromatic carbocycles. The molecular formula is C30H72O10Si2Zr. The fraction of sp³-hybridized carbons (Fsp3) is 1.00. The van der Waals surface area contributed by atoms with Crippen LogP contribution in [-0.4, -0.2) is 87.7 Å². The van der Waals surface area contributed by atoms with Gasteiger partial charge in [0, 0.05) is 76.0 Å². The van der Waals surface area contributed by atoms with Crippen molar-refractivity contribution in [3.05, 3.63) is 0 Å². The van der Waals surface area contributed by atoms with Gasteiger partial charge in [0.05, 0.1) is 0 Å². The molecule has 0 aromatic rings. The topological polar surface area (TPSA) is 136 Å². The van der Waals surface area contributed by atoms with Crippen LogP contribution in [0, 0.1) is 0 Å². The van der Waals surface area contributed by atoms with E-state index in [2.05, 4.69) is 0 Å². The molecule has 0 fully saturated rings. The van der Waals surface area contributed by atoms with E-state index in [0.29, 0.717) is 13.2 Å². The van der Waals surface area contributed by atoms with E-state index in [1.165, 1.54) is 0 Å². The van der Waals surface area contributed by atoms with Gasteiger partial charge in [-0.15, -0.1) is 0 Å². The van der Waals surface area contributed by atoms with Gasteiger partial charge in [0.25, 0.3) is 0 Å². The van der Waals surface area contributed by atoms with E-state index in [-0.39, 0.29) is 62.8 Å². The normalized spacial score (nSPS) is 17.7. The third-order valence-corrected chi connectivity index (χ3v) is 10.2. The van der Waals surface area contributed by atoms with Gasteiger partial charge < -0.3 is 46.4 Å². The second-order valence-electron chi connectivity index (χ2n) is 10.5. The maximum Gasteiger partial charge on any atom is 0.677 e. The van der Waals surface area contributed by atoms with Gasteiger partial charge in [-0.3, -0.25) is 0 Å². The van der Waals surface area contributed by atoms with Gasteiger partial charge in [-0.2, -0.15) is 0 Å². The maximum absolute atomic E-state index is 10.4. The van der Waals surface area contributed by atoms with E-state index >= 15 is 0 Å². The van der Waals surface area contributed by atoms with E-state index in [9.17, 15) is 9.59 Å². The van der Waals surface area contributed by atoms with Crippen molar-refractivity contribution in [2.45, 2.75) is 185 Å². The molecule has 6 unspecified atom stereocenters. The zero-order valence-corrected chi connectivity index (χ0v) is 34.7. The minimum absolute atomic E-state index is 0. The summed E-state index contributed by atoms with van der Waals surface area (Å²) < 4.78 is 33.5. The molecule has 0 aliphatic rings. The minimum Gasteiger partial charge on any atom is -0.396 e. The summed E-state index contributed by atoms with van der Waals surface area (Å²) in [5.41, 5.74) is 0. The Morgan fingerprint density at radius 2 is 0.512 bits per heavy atom. The molecule has 0 bridgehead atoms. The van der Waals surface area contributed by atoms with Crippen LogP contribution in [0.3, 0.4) is 0 Å². The summed E-state index contributed by atoms with van der Waals surface area (Å²) in [5.74, 6) is 0. The molecule has 0 heterocycles. The minimum atomic E-state index is -3.50. The van der Waals surface area contributed by atoms with Crippen LogP contribution >= 0.6 is 0 Å². The smallest absolute Gasteiger partial charge is 0.396 e. The van der Waals surface area contributed by atoms with Crippen LogP contribution in [0.25, 0.3) is 0 Å². The maximum atomic E-state index is 10.4. The molecule has 43 heavy (non-hydrogen) atoms. The summed E-state index contributed by atoms with van der Waals surface area (Å²) in [4.78, 5) is 20.8. The molecule has 4 N–H and O–H groups in total. The van der Waals surface area contributed by atoms with Gasteiger partial charge in [0.1, 0.15) is 0 Å². The Morgan fingerprint density at radius 3 is 0.581 bits per heavy atom. The van der Waals surface area contributed by atoms with Gasteiger partial charge in [-0.05, 0) is 92.9 Å². The van der Waals surface area contributed by atoms with Crippen LogP contribution in [-0.2, 0) is 52.8 Å². The summed E-state index contributed by atoms with van der Waals surface area (Å²) in [6.45, 7) is 28.0. The van der Waals surface area contributed by atoms with Gasteiger partial charge in [0.15, 0.2) is 0 Å². The van der Waals surface area contributed by atoms with E-state index in [4.69, 9.17) is 36.8 Å². The van der Waals surface area contributed by atoms with E-state index < -0.39 is 18.1 Å². The van der Waals surface area contributed by atoms with E-state index in [1.807, 2.05) is 96.9 Å². The summed E-state index contributed by atoms with van der Waals surface area (Å²) in [6, 6.07) is 0. The predicted molar refractivity (Wildman–Crippen MR) is 176 cm³/mol. The van der Waals surface area contributed by atoms with Crippen LogP contribution < -0.4 is 0 Å². The molecule has 0 rings (SSSR count). The third kappa shape index (κ3) is 35.6. The van der Waals surface area contributed by atoms with Crippen LogP contribution in [0.15, 0.2) is 0 Å². The molecule has 264 valence electrons. The molecular weight excluding hydrogens is 668 g/mol. The molecule has 6 atom stereocenters. The summed E-state index contributed by atoms with van der Waals surface area (Å²) in [5, 5.41) is 15.8. The average molecular weight is 740 g/mol. The van der Waals surface area contributed by atoms with Crippen LogP contribution in [0.5, 0.6) is 0 Å². The molecule has 0 saturated heterocycles. The molecule has 10 nitrogen and oxygen atoms in total. The number of hydrogen-bond donors (Lipinski definition) is 4.